The van der Waals surface area contributed by atoms with Gasteiger partial charge in [-0.1, -0.05) is 11.6 Å². The van der Waals surface area contributed by atoms with Crippen molar-refractivity contribution in [3.63, 3.8) is 0 Å². The van der Waals surface area contributed by atoms with Crippen LogP contribution < -0.4 is 21.1 Å². The quantitative estimate of drug-likeness (QED) is 0.626. The molecule has 28 heavy (non-hydrogen) atoms. The summed E-state index contributed by atoms with van der Waals surface area (Å²) in [5.41, 5.74) is 1.92. The molecule has 8 nitrogen and oxygen atoms in total. The molecule has 0 spiro atoms. The first kappa shape index (κ1) is 18.2. The van der Waals surface area contributed by atoms with Gasteiger partial charge in [-0.3, -0.25) is 9.69 Å². The van der Waals surface area contributed by atoms with E-state index < -0.39 is 0 Å². The van der Waals surface area contributed by atoms with Crippen molar-refractivity contribution in [2.24, 2.45) is 0 Å². The van der Waals surface area contributed by atoms with Gasteiger partial charge in [0.2, 0.25) is 5.95 Å². The Morgan fingerprint density at radius 1 is 1.32 bits per heavy atom. The molecular formula is C19H19ClN6O2. The number of urea groups is 1. The van der Waals surface area contributed by atoms with Crippen LogP contribution in [0.25, 0.3) is 10.9 Å². The number of pyridine rings is 1. The third kappa shape index (κ3) is 3.27. The molecule has 1 aromatic carbocycles. The topological polar surface area (TPSA) is 103 Å². The molecule has 0 saturated heterocycles. The van der Waals surface area contributed by atoms with Crippen molar-refractivity contribution >= 4 is 40.3 Å². The van der Waals surface area contributed by atoms with Gasteiger partial charge in [-0.05, 0) is 38.1 Å². The number of halogens is 1. The molecule has 0 unspecified atom stereocenters. The van der Waals surface area contributed by atoms with Crippen molar-refractivity contribution in [3.8, 4) is 0 Å². The van der Waals surface area contributed by atoms with E-state index in [1.54, 1.807) is 29.3 Å². The fourth-order valence-electron chi connectivity index (χ4n) is 3.27. The summed E-state index contributed by atoms with van der Waals surface area (Å²) in [6.07, 6.45) is 1.68. The Bertz CT molecular complexity index is 1130. The molecule has 0 radical (unpaired) electrons. The smallest absolute Gasteiger partial charge is 0.323 e. The van der Waals surface area contributed by atoms with E-state index in [9.17, 15) is 9.59 Å². The van der Waals surface area contributed by atoms with Crippen LogP contribution in [0.15, 0.2) is 35.3 Å². The van der Waals surface area contributed by atoms with Gasteiger partial charge in [-0.25, -0.2) is 9.78 Å². The minimum atomic E-state index is -0.349. The molecule has 0 saturated carbocycles. The molecule has 3 aromatic rings. The van der Waals surface area contributed by atoms with E-state index >= 15 is 0 Å². The number of anilines is 2. The summed E-state index contributed by atoms with van der Waals surface area (Å²) in [5.74, 6) is 0.931. The summed E-state index contributed by atoms with van der Waals surface area (Å²) in [5, 5.41) is 7.38. The number of nitrogens with one attached hydrogen (secondary N) is 3. The number of benzene rings is 1. The van der Waals surface area contributed by atoms with E-state index in [0.29, 0.717) is 35.4 Å². The molecule has 144 valence electrons. The molecular weight excluding hydrogens is 380 g/mol. The van der Waals surface area contributed by atoms with Crippen molar-refractivity contribution in [1.29, 1.82) is 0 Å². The standard InChI is InChI=1S/C19H19ClN6O2/c1-3-26-16-12(9-22-19(26)28)8-21-18(25-16)23-10(2)14-7-11-6-13(20)4-5-15(11)24-17(14)27/h4-8,10H,3,9H2,1-2H3,(H,22,28)(H,24,27)(H,21,23,25)/t10-/m0/s1. The van der Waals surface area contributed by atoms with Crippen molar-refractivity contribution in [2.45, 2.75) is 26.4 Å². The predicted molar refractivity (Wildman–Crippen MR) is 109 cm³/mol. The number of nitrogens with zero attached hydrogens (tertiary/aromatic N) is 3. The number of hydrogen-bond donors (Lipinski definition) is 3. The number of aromatic amines is 1. The van der Waals surface area contributed by atoms with Crippen LogP contribution in [0.4, 0.5) is 16.6 Å². The number of rotatable bonds is 4. The molecule has 0 fully saturated rings. The van der Waals surface area contributed by atoms with Crippen molar-refractivity contribution in [3.05, 3.63) is 57.0 Å². The molecule has 4 rings (SSSR count). The Labute approximate surface area is 165 Å². The highest BCUT2D eigenvalue weighted by Gasteiger charge is 2.25. The molecule has 9 heteroatoms. The molecule has 2 aromatic heterocycles. The minimum absolute atomic E-state index is 0.185. The van der Waals surface area contributed by atoms with E-state index in [-0.39, 0.29) is 17.6 Å². The van der Waals surface area contributed by atoms with Crippen molar-refractivity contribution < 1.29 is 4.79 Å². The number of carbonyl (C=O) groups is 1. The van der Waals surface area contributed by atoms with Crippen LogP contribution in [0.3, 0.4) is 0 Å². The maximum absolute atomic E-state index is 12.5. The lowest BCUT2D eigenvalue weighted by Gasteiger charge is -2.28. The van der Waals surface area contributed by atoms with Crippen LogP contribution in [-0.4, -0.2) is 27.5 Å². The maximum atomic E-state index is 12.5. The Morgan fingerprint density at radius 2 is 2.14 bits per heavy atom. The molecule has 0 aliphatic carbocycles. The van der Waals surface area contributed by atoms with Crippen LogP contribution in [0, 0.1) is 0 Å². The lowest BCUT2D eigenvalue weighted by atomic mass is 10.1. The molecule has 3 heterocycles. The number of amides is 2. The molecule has 0 bridgehead atoms. The SMILES string of the molecule is CCN1C(=O)NCc2cnc(N[C@@H](C)c3cc4cc(Cl)ccc4[nH]c3=O)nc21. The van der Waals surface area contributed by atoms with Gasteiger partial charge in [0.15, 0.2) is 0 Å². The monoisotopic (exact) mass is 398 g/mol. The van der Waals surface area contributed by atoms with E-state index in [1.165, 1.54) is 0 Å². The number of fused-ring (bicyclic) bond motifs is 2. The first-order valence-corrected chi connectivity index (χ1v) is 9.34. The normalized spacial score (nSPS) is 14.5. The second kappa shape index (κ2) is 7.12. The van der Waals surface area contributed by atoms with Crippen LogP contribution >= 0.6 is 11.6 Å². The molecule has 3 N–H and O–H groups in total. The number of carbonyl (C=O) groups excluding carboxylic acids is 1. The van der Waals surface area contributed by atoms with Gasteiger partial charge in [-0.2, -0.15) is 4.98 Å². The third-order valence-electron chi connectivity index (χ3n) is 4.74. The Kier molecular flexibility index (Phi) is 4.64. The Balaban J connectivity index is 1.66. The average Bonchev–Trinajstić information content (AvgIpc) is 2.67. The summed E-state index contributed by atoms with van der Waals surface area (Å²) >= 11 is 6.06. The van der Waals surface area contributed by atoms with Gasteiger partial charge in [0.05, 0.1) is 6.04 Å². The maximum Gasteiger partial charge on any atom is 0.323 e. The van der Waals surface area contributed by atoms with Crippen LogP contribution in [0.1, 0.15) is 31.0 Å². The van der Waals surface area contributed by atoms with Crippen molar-refractivity contribution in [2.75, 3.05) is 16.8 Å². The van der Waals surface area contributed by atoms with E-state index in [1.807, 2.05) is 19.9 Å². The lowest BCUT2D eigenvalue weighted by molar-refractivity contribution is 0.244. The predicted octanol–water partition coefficient (Wildman–Crippen LogP) is 3.19. The first-order chi connectivity index (χ1) is 13.5. The first-order valence-electron chi connectivity index (χ1n) is 8.96. The summed E-state index contributed by atoms with van der Waals surface area (Å²) in [7, 11) is 0. The van der Waals surface area contributed by atoms with Crippen LogP contribution in [0.2, 0.25) is 5.02 Å². The number of aromatic nitrogens is 3. The second-order valence-electron chi connectivity index (χ2n) is 6.60. The van der Waals surface area contributed by atoms with E-state index in [4.69, 9.17) is 11.6 Å². The Morgan fingerprint density at radius 3 is 2.93 bits per heavy atom. The zero-order valence-corrected chi connectivity index (χ0v) is 16.2. The van der Waals surface area contributed by atoms with Crippen LogP contribution in [0.5, 0.6) is 0 Å². The summed E-state index contributed by atoms with van der Waals surface area (Å²) in [4.78, 5) is 37.8. The van der Waals surface area contributed by atoms with Gasteiger partial charge in [0.1, 0.15) is 5.82 Å². The van der Waals surface area contributed by atoms with Gasteiger partial charge in [0, 0.05) is 46.3 Å². The second-order valence-corrected chi connectivity index (χ2v) is 7.03. The summed E-state index contributed by atoms with van der Waals surface area (Å²) in [6, 6.07) is 6.58. The van der Waals surface area contributed by atoms with E-state index in [2.05, 4.69) is 25.6 Å². The van der Waals surface area contributed by atoms with Gasteiger partial charge >= 0.3 is 6.03 Å². The summed E-state index contributed by atoms with van der Waals surface area (Å²) in [6.45, 7) is 4.63. The lowest BCUT2D eigenvalue weighted by Crippen LogP contribution is -2.44. The minimum Gasteiger partial charge on any atom is -0.347 e. The average molecular weight is 399 g/mol. The number of H-pyrrole nitrogens is 1. The highest BCUT2D eigenvalue weighted by Crippen LogP contribution is 2.25. The molecule has 1 atom stereocenters. The van der Waals surface area contributed by atoms with Gasteiger partial charge < -0.3 is 15.6 Å². The van der Waals surface area contributed by atoms with Crippen LogP contribution in [-0.2, 0) is 6.54 Å². The summed E-state index contributed by atoms with van der Waals surface area (Å²) < 4.78 is 0. The van der Waals surface area contributed by atoms with Gasteiger partial charge in [0.25, 0.3) is 5.56 Å². The molecule has 1 aliphatic heterocycles. The van der Waals surface area contributed by atoms with E-state index in [0.717, 1.165) is 16.5 Å². The zero-order valence-electron chi connectivity index (χ0n) is 15.4. The largest absolute Gasteiger partial charge is 0.347 e. The zero-order chi connectivity index (χ0) is 19.8. The molecule has 2 amide bonds. The third-order valence-corrected chi connectivity index (χ3v) is 4.97. The Hall–Kier alpha value is -3.13. The molecule has 1 aliphatic rings. The fourth-order valence-corrected chi connectivity index (χ4v) is 3.45. The van der Waals surface area contributed by atoms with Gasteiger partial charge in [-0.15, -0.1) is 0 Å². The van der Waals surface area contributed by atoms with Crippen molar-refractivity contribution in [1.82, 2.24) is 20.3 Å². The highest BCUT2D eigenvalue weighted by atomic mass is 35.5. The highest BCUT2D eigenvalue weighted by molar-refractivity contribution is 6.31. The fraction of sp³-hybridized carbons (Fsp3) is 0.263. The number of hydrogen-bond acceptors (Lipinski definition) is 5.